The lowest BCUT2D eigenvalue weighted by Gasteiger charge is -2.32. The van der Waals surface area contributed by atoms with E-state index in [1.54, 1.807) is 18.2 Å². The van der Waals surface area contributed by atoms with Crippen LogP contribution in [0.15, 0.2) is 27.6 Å². The number of aliphatic hydroxyl groups is 1. The van der Waals surface area contributed by atoms with Gasteiger partial charge in [0.15, 0.2) is 0 Å². The molecule has 0 saturated carbocycles. The molecule has 1 aromatic rings. The van der Waals surface area contributed by atoms with Crippen LogP contribution in [0.1, 0.15) is 25.3 Å². The quantitative estimate of drug-likeness (QED) is 0.846. The highest BCUT2D eigenvalue weighted by atomic mass is 79.9. The summed E-state index contributed by atoms with van der Waals surface area (Å²) in [7, 11) is -3.72. The molecule has 2 atom stereocenters. The number of aliphatic hydroxyl groups excluding tert-OH is 1. The monoisotopic (exact) mass is 387 g/mol. The molecule has 2 heterocycles. The van der Waals surface area contributed by atoms with Gasteiger partial charge in [-0.15, -0.1) is 0 Å². The third-order valence-corrected chi connectivity index (χ3v) is 6.43. The lowest BCUT2D eigenvalue weighted by Crippen LogP contribution is -2.42. The Morgan fingerprint density at radius 3 is 2.91 bits per heavy atom. The summed E-state index contributed by atoms with van der Waals surface area (Å²) in [4.78, 5) is -0.0906. The predicted octanol–water partition coefficient (Wildman–Crippen LogP) is 2.56. The minimum atomic E-state index is -3.72. The van der Waals surface area contributed by atoms with Crippen LogP contribution in [0, 0.1) is 5.92 Å². The van der Waals surface area contributed by atoms with Crippen molar-refractivity contribution in [2.45, 2.75) is 26.1 Å². The largest absolute Gasteiger partial charge is 0.459 e. The molecule has 2 aliphatic rings. The fourth-order valence-electron chi connectivity index (χ4n) is 2.86. The first-order valence-electron chi connectivity index (χ1n) is 7.24. The van der Waals surface area contributed by atoms with Crippen molar-refractivity contribution in [3.05, 3.63) is 33.1 Å². The fourth-order valence-corrected chi connectivity index (χ4v) is 4.93. The van der Waals surface area contributed by atoms with Gasteiger partial charge in [0.2, 0.25) is 16.3 Å². The molecule has 1 aromatic carbocycles. The van der Waals surface area contributed by atoms with Crippen molar-refractivity contribution in [1.29, 1.82) is 0 Å². The van der Waals surface area contributed by atoms with Gasteiger partial charge in [0.25, 0.3) is 0 Å². The van der Waals surface area contributed by atoms with Crippen LogP contribution in [0.25, 0.3) is 6.08 Å². The van der Waals surface area contributed by atoms with Gasteiger partial charge in [-0.25, -0.2) is 8.42 Å². The molecule has 1 fully saturated rings. The molecule has 0 bridgehead atoms. The lowest BCUT2D eigenvalue weighted by molar-refractivity contribution is 0.0183. The summed E-state index contributed by atoms with van der Waals surface area (Å²) in [6.07, 6.45) is 1.91. The summed E-state index contributed by atoms with van der Waals surface area (Å²) in [5, 5.41) is 10.1. The molecule has 5 nitrogen and oxygen atoms in total. The average Bonchev–Trinajstić information content (AvgIpc) is 2.47. The van der Waals surface area contributed by atoms with Crippen LogP contribution >= 0.6 is 15.9 Å². The number of rotatable bonds is 2. The van der Waals surface area contributed by atoms with Crippen molar-refractivity contribution in [2.75, 3.05) is 13.1 Å². The molecule has 22 heavy (non-hydrogen) atoms. The van der Waals surface area contributed by atoms with Crippen LogP contribution in [-0.4, -0.2) is 37.2 Å². The van der Waals surface area contributed by atoms with Crippen LogP contribution in [0.4, 0.5) is 0 Å². The van der Waals surface area contributed by atoms with E-state index in [9.17, 15) is 13.5 Å². The summed E-state index contributed by atoms with van der Waals surface area (Å²) in [6, 6.07) is 5.26. The SMILES string of the molecule is CC1CCCN(S(=O)(=O)C2=Cc3cc(Br)ccc3OC2O)C1. The number of hydrogen-bond acceptors (Lipinski definition) is 4. The normalized spacial score (nSPS) is 26.0. The van der Waals surface area contributed by atoms with E-state index in [2.05, 4.69) is 15.9 Å². The van der Waals surface area contributed by atoms with E-state index in [1.165, 1.54) is 10.4 Å². The lowest BCUT2D eigenvalue weighted by atomic mass is 10.0. The number of fused-ring (bicyclic) bond motifs is 1. The van der Waals surface area contributed by atoms with Gasteiger partial charge in [0.1, 0.15) is 10.7 Å². The van der Waals surface area contributed by atoms with Crippen molar-refractivity contribution in [3.63, 3.8) is 0 Å². The Labute approximate surface area is 138 Å². The van der Waals surface area contributed by atoms with Gasteiger partial charge in [0.05, 0.1) is 0 Å². The molecule has 7 heteroatoms. The van der Waals surface area contributed by atoms with E-state index < -0.39 is 16.3 Å². The molecule has 120 valence electrons. The second kappa shape index (κ2) is 5.96. The molecule has 0 radical (unpaired) electrons. The van der Waals surface area contributed by atoms with E-state index in [0.29, 0.717) is 30.3 Å². The third-order valence-electron chi connectivity index (χ3n) is 4.01. The van der Waals surface area contributed by atoms with E-state index in [-0.39, 0.29) is 4.91 Å². The topological polar surface area (TPSA) is 66.8 Å². The van der Waals surface area contributed by atoms with Crippen molar-refractivity contribution in [3.8, 4) is 5.75 Å². The number of ether oxygens (including phenoxy) is 1. The standard InChI is InChI=1S/C15H18BrNO4S/c1-10-3-2-6-17(9-10)22(19,20)14-8-11-7-12(16)4-5-13(11)21-15(14)18/h4-5,7-8,10,15,18H,2-3,6,9H2,1H3. The molecular weight excluding hydrogens is 370 g/mol. The number of nitrogens with zero attached hydrogens (tertiary/aromatic N) is 1. The zero-order chi connectivity index (χ0) is 15.9. The Morgan fingerprint density at radius 2 is 2.18 bits per heavy atom. The Morgan fingerprint density at radius 1 is 1.41 bits per heavy atom. The van der Waals surface area contributed by atoms with Crippen LogP contribution in [0.5, 0.6) is 5.75 Å². The summed E-state index contributed by atoms with van der Waals surface area (Å²) in [5.41, 5.74) is 0.642. The van der Waals surface area contributed by atoms with Crippen LogP contribution < -0.4 is 4.74 Å². The Kier molecular flexibility index (Phi) is 4.33. The highest BCUT2D eigenvalue weighted by Crippen LogP contribution is 2.35. The van der Waals surface area contributed by atoms with Crippen LogP contribution in [0.2, 0.25) is 0 Å². The fraction of sp³-hybridized carbons (Fsp3) is 0.467. The maximum atomic E-state index is 12.8. The molecule has 1 N–H and O–H groups in total. The number of halogens is 1. The van der Waals surface area contributed by atoms with Crippen molar-refractivity contribution in [2.24, 2.45) is 5.92 Å². The number of hydrogen-bond donors (Lipinski definition) is 1. The van der Waals surface area contributed by atoms with E-state index in [4.69, 9.17) is 4.74 Å². The summed E-state index contributed by atoms with van der Waals surface area (Å²) in [6.45, 7) is 3.01. The van der Waals surface area contributed by atoms with Gasteiger partial charge in [-0.3, -0.25) is 0 Å². The first kappa shape index (κ1) is 16.0. The smallest absolute Gasteiger partial charge is 0.245 e. The Hall–Kier alpha value is -0.890. The number of sulfonamides is 1. The molecule has 0 aromatic heterocycles. The highest BCUT2D eigenvalue weighted by Gasteiger charge is 2.36. The highest BCUT2D eigenvalue weighted by molar-refractivity contribution is 9.10. The van der Waals surface area contributed by atoms with Crippen molar-refractivity contribution in [1.82, 2.24) is 4.31 Å². The Balaban J connectivity index is 1.99. The second-order valence-electron chi connectivity index (χ2n) is 5.81. The zero-order valence-corrected chi connectivity index (χ0v) is 14.6. The van der Waals surface area contributed by atoms with Gasteiger partial charge in [-0.05, 0) is 43.0 Å². The number of piperidine rings is 1. The molecular formula is C15H18BrNO4S. The predicted molar refractivity (Wildman–Crippen MR) is 87.6 cm³/mol. The van der Waals surface area contributed by atoms with E-state index >= 15 is 0 Å². The van der Waals surface area contributed by atoms with Gasteiger partial charge < -0.3 is 9.84 Å². The minimum Gasteiger partial charge on any atom is -0.459 e. The van der Waals surface area contributed by atoms with Crippen LogP contribution in [-0.2, 0) is 10.0 Å². The first-order chi connectivity index (χ1) is 10.4. The first-order valence-corrected chi connectivity index (χ1v) is 9.47. The maximum absolute atomic E-state index is 12.8. The molecule has 0 aliphatic carbocycles. The maximum Gasteiger partial charge on any atom is 0.245 e. The average molecular weight is 388 g/mol. The van der Waals surface area contributed by atoms with Crippen molar-refractivity contribution >= 4 is 32.0 Å². The molecule has 2 aliphatic heterocycles. The summed E-state index contributed by atoms with van der Waals surface area (Å²) < 4.78 is 33.2. The van der Waals surface area contributed by atoms with Gasteiger partial charge >= 0.3 is 0 Å². The Bertz CT molecular complexity index is 716. The van der Waals surface area contributed by atoms with Crippen LogP contribution in [0.3, 0.4) is 0 Å². The van der Waals surface area contributed by atoms with Gasteiger partial charge in [-0.2, -0.15) is 4.31 Å². The van der Waals surface area contributed by atoms with Crippen molar-refractivity contribution < 1.29 is 18.3 Å². The molecule has 2 unspecified atom stereocenters. The second-order valence-corrected chi connectivity index (χ2v) is 8.66. The van der Waals surface area contributed by atoms with E-state index in [0.717, 1.165) is 17.3 Å². The molecule has 0 amide bonds. The zero-order valence-electron chi connectivity index (χ0n) is 12.2. The van der Waals surface area contributed by atoms with E-state index in [1.807, 2.05) is 6.92 Å². The van der Waals surface area contributed by atoms with Gasteiger partial charge in [0, 0.05) is 23.1 Å². The summed E-state index contributed by atoms with van der Waals surface area (Å²) in [5.74, 6) is 0.800. The summed E-state index contributed by atoms with van der Waals surface area (Å²) >= 11 is 3.35. The molecule has 0 spiro atoms. The number of benzene rings is 1. The van der Waals surface area contributed by atoms with Gasteiger partial charge in [-0.1, -0.05) is 22.9 Å². The third kappa shape index (κ3) is 2.95. The minimum absolute atomic E-state index is 0.0906. The molecule has 1 saturated heterocycles. The molecule has 3 rings (SSSR count).